The molecule has 1 aliphatic heterocycles. The maximum absolute atomic E-state index is 12.1. The first-order chi connectivity index (χ1) is 11.1. The summed E-state index contributed by atoms with van der Waals surface area (Å²) < 4.78 is 5.92. The van der Waals surface area contributed by atoms with Crippen LogP contribution in [0.15, 0.2) is 24.3 Å². The molecule has 2 aliphatic rings. The zero-order valence-electron chi connectivity index (χ0n) is 14.1. The van der Waals surface area contributed by atoms with E-state index < -0.39 is 0 Å². The first kappa shape index (κ1) is 16.3. The van der Waals surface area contributed by atoms with E-state index in [1.54, 1.807) is 0 Å². The molecule has 1 heterocycles. The van der Waals surface area contributed by atoms with Gasteiger partial charge in [-0.2, -0.15) is 0 Å². The third-order valence-corrected chi connectivity index (χ3v) is 4.85. The number of nitrogens with zero attached hydrogens (tertiary/aromatic N) is 2. The second-order valence-electron chi connectivity index (χ2n) is 6.80. The number of hydrogen-bond donors (Lipinski definition) is 1. The Morgan fingerprint density at radius 1 is 1.26 bits per heavy atom. The molecule has 0 unspecified atom stereocenters. The maximum Gasteiger partial charge on any atom is 0.227 e. The predicted molar refractivity (Wildman–Crippen MR) is 91.8 cm³/mol. The third kappa shape index (κ3) is 4.45. The molecule has 126 valence electrons. The molecule has 3 rings (SSSR count). The number of nitrogens with one attached hydrogen (secondary N) is 1. The van der Waals surface area contributed by atoms with Crippen LogP contribution in [0.5, 0.6) is 5.75 Å². The van der Waals surface area contributed by atoms with Crippen LogP contribution in [-0.2, 0) is 4.79 Å². The summed E-state index contributed by atoms with van der Waals surface area (Å²) in [7, 11) is 2.16. The number of carbonyl (C=O) groups is 1. The van der Waals surface area contributed by atoms with E-state index in [9.17, 15) is 4.79 Å². The highest BCUT2D eigenvalue weighted by Gasteiger charge is 2.39. The Bertz CT molecular complexity index is 541. The van der Waals surface area contributed by atoms with Gasteiger partial charge in [0.15, 0.2) is 0 Å². The summed E-state index contributed by atoms with van der Waals surface area (Å²) in [5.74, 6) is 1.57. The molecule has 2 atom stereocenters. The van der Waals surface area contributed by atoms with E-state index >= 15 is 0 Å². The van der Waals surface area contributed by atoms with Crippen LogP contribution in [0, 0.1) is 11.8 Å². The van der Waals surface area contributed by atoms with Crippen LogP contribution in [0.4, 0.5) is 5.69 Å². The number of anilines is 1. The fourth-order valence-electron chi connectivity index (χ4n) is 2.96. The molecule has 2 fully saturated rings. The Kier molecular flexibility index (Phi) is 5.18. The summed E-state index contributed by atoms with van der Waals surface area (Å²) in [6.45, 7) is 8.11. The number of rotatable bonds is 6. The molecule has 1 saturated heterocycles. The van der Waals surface area contributed by atoms with Crippen molar-refractivity contribution in [2.24, 2.45) is 11.8 Å². The number of para-hydroxylation sites is 2. The molecule has 0 aromatic heterocycles. The highest BCUT2D eigenvalue weighted by atomic mass is 16.5. The summed E-state index contributed by atoms with van der Waals surface area (Å²) in [4.78, 5) is 16.9. The predicted octanol–water partition coefficient (Wildman–Crippen LogP) is 1.91. The van der Waals surface area contributed by atoms with Gasteiger partial charge in [0.25, 0.3) is 0 Å². The van der Waals surface area contributed by atoms with Gasteiger partial charge < -0.3 is 15.0 Å². The Hall–Kier alpha value is -1.59. The molecule has 1 amide bonds. The van der Waals surface area contributed by atoms with E-state index in [2.05, 4.69) is 29.1 Å². The Morgan fingerprint density at radius 3 is 2.65 bits per heavy atom. The fraction of sp³-hybridized carbons (Fsp3) is 0.611. The summed E-state index contributed by atoms with van der Waals surface area (Å²) >= 11 is 0. The number of ether oxygens (including phenoxy) is 1. The Labute approximate surface area is 138 Å². The van der Waals surface area contributed by atoms with Crippen LogP contribution in [0.1, 0.15) is 13.3 Å². The topological polar surface area (TPSA) is 44.8 Å². The van der Waals surface area contributed by atoms with E-state index in [0.29, 0.717) is 12.5 Å². The molecule has 1 aliphatic carbocycles. The average Bonchev–Trinajstić information content (AvgIpc) is 3.28. The van der Waals surface area contributed by atoms with Gasteiger partial charge in [0.1, 0.15) is 12.4 Å². The van der Waals surface area contributed by atoms with E-state index in [4.69, 9.17) is 4.74 Å². The fourth-order valence-corrected chi connectivity index (χ4v) is 2.96. The minimum atomic E-state index is 0.118. The summed E-state index contributed by atoms with van der Waals surface area (Å²) in [5.41, 5.74) is 0.787. The minimum Gasteiger partial charge on any atom is -0.490 e. The van der Waals surface area contributed by atoms with E-state index in [-0.39, 0.29) is 11.8 Å². The van der Waals surface area contributed by atoms with Crippen LogP contribution in [-0.4, -0.2) is 62.1 Å². The number of amides is 1. The third-order valence-electron chi connectivity index (χ3n) is 4.85. The van der Waals surface area contributed by atoms with Crippen LogP contribution in [0.25, 0.3) is 0 Å². The molecule has 1 saturated carbocycles. The number of likely N-dealkylation sites (N-methyl/N-ethyl adjacent to an activating group) is 1. The smallest absolute Gasteiger partial charge is 0.227 e. The lowest BCUT2D eigenvalue weighted by Gasteiger charge is -2.32. The second-order valence-corrected chi connectivity index (χ2v) is 6.80. The van der Waals surface area contributed by atoms with Crippen LogP contribution in [0.3, 0.4) is 0 Å². The molecule has 1 N–H and O–H groups in total. The van der Waals surface area contributed by atoms with Crippen molar-refractivity contribution >= 4 is 11.6 Å². The van der Waals surface area contributed by atoms with Crippen molar-refractivity contribution < 1.29 is 9.53 Å². The average molecular weight is 317 g/mol. The van der Waals surface area contributed by atoms with Crippen LogP contribution >= 0.6 is 0 Å². The van der Waals surface area contributed by atoms with Gasteiger partial charge in [-0.15, -0.1) is 0 Å². The summed E-state index contributed by atoms with van der Waals surface area (Å²) in [5, 5.41) is 3.01. The lowest BCUT2D eigenvalue weighted by Crippen LogP contribution is -2.45. The highest BCUT2D eigenvalue weighted by molar-refractivity contribution is 5.95. The van der Waals surface area contributed by atoms with E-state index in [0.717, 1.165) is 50.6 Å². The lowest BCUT2D eigenvalue weighted by molar-refractivity contribution is -0.117. The first-order valence-electron chi connectivity index (χ1n) is 8.57. The van der Waals surface area contributed by atoms with Crippen LogP contribution in [0.2, 0.25) is 0 Å². The Morgan fingerprint density at radius 2 is 1.96 bits per heavy atom. The van der Waals surface area contributed by atoms with Gasteiger partial charge in [0, 0.05) is 38.6 Å². The van der Waals surface area contributed by atoms with Gasteiger partial charge in [-0.25, -0.2) is 0 Å². The van der Waals surface area contributed by atoms with Crippen molar-refractivity contribution in [1.29, 1.82) is 0 Å². The van der Waals surface area contributed by atoms with Gasteiger partial charge in [-0.05, 0) is 31.5 Å². The molecule has 5 nitrogen and oxygen atoms in total. The standard InChI is InChI=1S/C18H27N3O2/c1-14-13-15(14)18(22)19-16-5-3-4-6-17(16)23-12-11-21-9-7-20(2)8-10-21/h3-6,14-15H,7-13H2,1-2H3,(H,19,22)/t14-,15-/m0/s1. The second kappa shape index (κ2) is 7.32. The van der Waals surface area contributed by atoms with Crippen molar-refractivity contribution in [3.05, 3.63) is 24.3 Å². The molecule has 0 bridgehead atoms. The van der Waals surface area contributed by atoms with Crippen molar-refractivity contribution in [1.82, 2.24) is 9.80 Å². The number of benzene rings is 1. The summed E-state index contributed by atoms with van der Waals surface area (Å²) in [6, 6.07) is 7.71. The maximum atomic E-state index is 12.1. The first-order valence-corrected chi connectivity index (χ1v) is 8.57. The van der Waals surface area contributed by atoms with Gasteiger partial charge in [-0.3, -0.25) is 9.69 Å². The normalized spacial score (nSPS) is 25.1. The number of carbonyl (C=O) groups excluding carboxylic acids is 1. The van der Waals surface area contributed by atoms with Crippen molar-refractivity contribution in [3.63, 3.8) is 0 Å². The molecule has 0 radical (unpaired) electrons. The highest BCUT2D eigenvalue weighted by Crippen LogP contribution is 2.39. The zero-order chi connectivity index (χ0) is 16.2. The van der Waals surface area contributed by atoms with Gasteiger partial charge in [0.05, 0.1) is 5.69 Å². The van der Waals surface area contributed by atoms with Crippen molar-refractivity contribution in [3.8, 4) is 5.75 Å². The monoisotopic (exact) mass is 317 g/mol. The molecular weight excluding hydrogens is 290 g/mol. The van der Waals surface area contributed by atoms with E-state index in [1.165, 1.54) is 0 Å². The molecule has 0 spiro atoms. The quantitative estimate of drug-likeness (QED) is 0.870. The molecule has 1 aromatic carbocycles. The molecule has 1 aromatic rings. The summed E-state index contributed by atoms with van der Waals surface area (Å²) in [6.07, 6.45) is 0.998. The molecular formula is C18H27N3O2. The van der Waals surface area contributed by atoms with Gasteiger partial charge in [0.2, 0.25) is 5.91 Å². The molecule has 5 heteroatoms. The van der Waals surface area contributed by atoms with Gasteiger partial charge in [-0.1, -0.05) is 19.1 Å². The lowest BCUT2D eigenvalue weighted by atomic mass is 10.2. The SMILES string of the molecule is C[C@H]1C[C@@H]1C(=O)Nc1ccccc1OCCN1CCN(C)CC1. The zero-order valence-corrected chi connectivity index (χ0v) is 14.1. The largest absolute Gasteiger partial charge is 0.490 e. The van der Waals surface area contributed by atoms with Crippen molar-refractivity contribution in [2.45, 2.75) is 13.3 Å². The van der Waals surface area contributed by atoms with Crippen molar-refractivity contribution in [2.75, 3.05) is 51.7 Å². The van der Waals surface area contributed by atoms with E-state index in [1.807, 2.05) is 24.3 Å². The molecule has 23 heavy (non-hydrogen) atoms. The Balaban J connectivity index is 1.48. The number of hydrogen-bond acceptors (Lipinski definition) is 4. The minimum absolute atomic E-state index is 0.118. The number of piperazine rings is 1. The van der Waals surface area contributed by atoms with Gasteiger partial charge >= 0.3 is 0 Å². The van der Waals surface area contributed by atoms with Crippen LogP contribution < -0.4 is 10.1 Å².